The molecule has 0 unspecified atom stereocenters. The fourth-order valence-corrected chi connectivity index (χ4v) is 1.36. The van der Waals surface area contributed by atoms with Crippen LogP contribution in [0, 0.1) is 11.3 Å². The van der Waals surface area contributed by atoms with Crippen LogP contribution < -0.4 is 5.73 Å². The van der Waals surface area contributed by atoms with Crippen LogP contribution in [0.5, 0.6) is 0 Å². The number of nitrogens with zero attached hydrogens (tertiary/aromatic N) is 2. The summed E-state index contributed by atoms with van der Waals surface area (Å²) in [6.07, 6.45) is 2.13. The Morgan fingerprint density at radius 2 is 2.36 bits per heavy atom. The third kappa shape index (κ3) is 1.45. The summed E-state index contributed by atoms with van der Waals surface area (Å²) in [6, 6.07) is 7.40. The number of fused-ring (bicyclic) bond motifs is 1. The molecular formula is C10H10N4. The predicted octanol–water partition coefficient (Wildman–Crippen LogP) is 1.48. The number of pyridine rings is 1. The highest BCUT2D eigenvalue weighted by atomic mass is 14.8. The molecule has 2 heterocycles. The topological polar surface area (TPSA) is 78.5 Å². The van der Waals surface area contributed by atoms with Gasteiger partial charge in [0, 0.05) is 6.20 Å². The maximum absolute atomic E-state index is 8.51. The quantitative estimate of drug-likeness (QED) is 0.745. The highest BCUT2D eigenvalue weighted by Gasteiger charge is 2.07. The average Bonchev–Trinajstić information content (AvgIpc) is 2.64. The maximum Gasteiger partial charge on any atom is 0.0882 e. The second-order valence-electron chi connectivity index (χ2n) is 3.12. The second-order valence-corrected chi connectivity index (χ2v) is 3.12. The molecule has 14 heavy (non-hydrogen) atoms. The van der Waals surface area contributed by atoms with Crippen LogP contribution in [0.1, 0.15) is 18.2 Å². The number of nitrogens with one attached hydrogen (secondary N) is 1. The van der Waals surface area contributed by atoms with Crippen LogP contribution in [0.25, 0.3) is 11.0 Å². The molecule has 0 aliphatic carbocycles. The fraction of sp³-hybridized carbons (Fsp3) is 0.200. The van der Waals surface area contributed by atoms with Gasteiger partial charge in [-0.25, -0.2) is 4.98 Å². The number of hydrogen-bond acceptors (Lipinski definition) is 3. The van der Waals surface area contributed by atoms with Crippen molar-refractivity contribution in [1.82, 2.24) is 9.97 Å². The number of H-pyrrole nitrogens is 1. The lowest BCUT2D eigenvalue weighted by atomic mass is 10.1. The molecule has 0 amide bonds. The molecule has 0 fully saturated rings. The van der Waals surface area contributed by atoms with Gasteiger partial charge in [-0.3, -0.25) is 0 Å². The van der Waals surface area contributed by atoms with Gasteiger partial charge in [0.15, 0.2) is 0 Å². The first-order valence-corrected chi connectivity index (χ1v) is 4.38. The summed E-state index contributed by atoms with van der Waals surface area (Å²) in [5.41, 5.74) is 8.40. The van der Waals surface area contributed by atoms with Gasteiger partial charge in [0.2, 0.25) is 0 Å². The van der Waals surface area contributed by atoms with Crippen molar-refractivity contribution < 1.29 is 0 Å². The van der Waals surface area contributed by atoms with Gasteiger partial charge in [-0.1, -0.05) is 0 Å². The number of nitrogens with two attached hydrogens (primary N) is 1. The Labute approximate surface area is 81.4 Å². The molecule has 70 valence electrons. The monoisotopic (exact) mass is 186 g/mol. The summed E-state index contributed by atoms with van der Waals surface area (Å²) in [6.45, 7) is 0. The van der Waals surface area contributed by atoms with Gasteiger partial charge >= 0.3 is 0 Å². The van der Waals surface area contributed by atoms with Crippen molar-refractivity contribution in [3.05, 3.63) is 30.1 Å². The molecule has 4 nitrogen and oxygen atoms in total. The number of nitriles is 1. The minimum absolute atomic E-state index is 0.292. The standard InChI is InChI=1S/C10H10N4/c11-5-3-7(12)8-1-2-9-10(14-8)4-6-13-9/h1-2,4,6-7,13H,3,12H2/t7-/m0/s1. The zero-order chi connectivity index (χ0) is 9.97. The zero-order valence-electron chi connectivity index (χ0n) is 7.57. The molecule has 0 aliphatic rings. The van der Waals surface area contributed by atoms with Crippen molar-refractivity contribution in [3.63, 3.8) is 0 Å². The van der Waals surface area contributed by atoms with Gasteiger partial charge in [0.1, 0.15) is 0 Å². The Bertz CT molecular complexity index is 480. The SMILES string of the molecule is N#CC[C@H](N)c1ccc2[nH]ccc2n1. The van der Waals surface area contributed by atoms with Crippen LogP contribution in [0.4, 0.5) is 0 Å². The Morgan fingerprint density at radius 3 is 3.14 bits per heavy atom. The maximum atomic E-state index is 8.51. The molecule has 0 aromatic carbocycles. The smallest absolute Gasteiger partial charge is 0.0882 e. The normalized spacial score (nSPS) is 12.6. The minimum Gasteiger partial charge on any atom is -0.360 e. The van der Waals surface area contributed by atoms with E-state index in [9.17, 15) is 0 Å². The van der Waals surface area contributed by atoms with Crippen LogP contribution in [-0.4, -0.2) is 9.97 Å². The van der Waals surface area contributed by atoms with E-state index in [2.05, 4.69) is 9.97 Å². The van der Waals surface area contributed by atoms with Crippen molar-refractivity contribution in [2.24, 2.45) is 5.73 Å². The molecule has 2 aromatic rings. The zero-order valence-corrected chi connectivity index (χ0v) is 7.57. The third-order valence-corrected chi connectivity index (χ3v) is 2.12. The predicted molar refractivity (Wildman–Crippen MR) is 53.3 cm³/mol. The van der Waals surface area contributed by atoms with E-state index in [-0.39, 0.29) is 6.04 Å². The Balaban J connectivity index is 2.39. The van der Waals surface area contributed by atoms with Crippen LogP contribution in [0.3, 0.4) is 0 Å². The summed E-state index contributed by atoms with van der Waals surface area (Å²) in [4.78, 5) is 7.40. The molecule has 0 saturated carbocycles. The fourth-order valence-electron chi connectivity index (χ4n) is 1.36. The van der Waals surface area contributed by atoms with Crippen LogP contribution in [-0.2, 0) is 0 Å². The number of aromatic nitrogens is 2. The summed E-state index contributed by atoms with van der Waals surface area (Å²) >= 11 is 0. The van der Waals surface area contributed by atoms with Crippen LogP contribution in [0.2, 0.25) is 0 Å². The molecule has 0 aliphatic heterocycles. The first kappa shape index (κ1) is 8.73. The van der Waals surface area contributed by atoms with Gasteiger partial charge in [0.25, 0.3) is 0 Å². The van der Waals surface area contributed by atoms with E-state index >= 15 is 0 Å². The highest BCUT2D eigenvalue weighted by molar-refractivity contribution is 5.74. The van der Waals surface area contributed by atoms with E-state index in [1.54, 1.807) is 0 Å². The largest absolute Gasteiger partial charge is 0.360 e. The molecule has 0 spiro atoms. The lowest BCUT2D eigenvalue weighted by Crippen LogP contribution is -2.10. The average molecular weight is 186 g/mol. The molecule has 0 bridgehead atoms. The molecular weight excluding hydrogens is 176 g/mol. The van der Waals surface area contributed by atoms with Crippen molar-refractivity contribution in [3.8, 4) is 6.07 Å². The Kier molecular flexibility index (Phi) is 2.17. The first-order valence-electron chi connectivity index (χ1n) is 4.38. The molecule has 0 saturated heterocycles. The van der Waals surface area contributed by atoms with Gasteiger partial charge < -0.3 is 10.7 Å². The summed E-state index contributed by atoms with van der Waals surface area (Å²) in [7, 11) is 0. The molecule has 2 aromatic heterocycles. The van der Waals surface area contributed by atoms with E-state index in [4.69, 9.17) is 11.0 Å². The molecule has 3 N–H and O–H groups in total. The van der Waals surface area contributed by atoms with E-state index in [0.29, 0.717) is 6.42 Å². The van der Waals surface area contributed by atoms with E-state index in [1.165, 1.54) is 0 Å². The van der Waals surface area contributed by atoms with Crippen molar-refractivity contribution in [2.45, 2.75) is 12.5 Å². The summed E-state index contributed by atoms with van der Waals surface area (Å²) in [5.74, 6) is 0. The van der Waals surface area contributed by atoms with Crippen LogP contribution >= 0.6 is 0 Å². The summed E-state index contributed by atoms with van der Waals surface area (Å²) < 4.78 is 0. The molecule has 2 rings (SSSR count). The minimum atomic E-state index is -0.292. The van der Waals surface area contributed by atoms with E-state index < -0.39 is 0 Å². The Hall–Kier alpha value is -1.86. The summed E-state index contributed by atoms with van der Waals surface area (Å²) in [5, 5.41) is 8.51. The van der Waals surface area contributed by atoms with Gasteiger partial charge in [-0.15, -0.1) is 0 Å². The Morgan fingerprint density at radius 1 is 1.50 bits per heavy atom. The molecule has 4 heteroatoms. The lowest BCUT2D eigenvalue weighted by molar-refractivity contribution is 0.724. The highest BCUT2D eigenvalue weighted by Crippen LogP contribution is 2.15. The molecule has 1 atom stereocenters. The number of aromatic amines is 1. The number of rotatable bonds is 2. The van der Waals surface area contributed by atoms with E-state index in [0.717, 1.165) is 16.7 Å². The van der Waals surface area contributed by atoms with Gasteiger partial charge in [0.05, 0.1) is 35.3 Å². The third-order valence-electron chi connectivity index (χ3n) is 2.12. The van der Waals surface area contributed by atoms with E-state index in [1.807, 2.05) is 30.5 Å². The van der Waals surface area contributed by atoms with Gasteiger partial charge in [-0.05, 0) is 18.2 Å². The first-order chi connectivity index (χ1) is 6.81. The van der Waals surface area contributed by atoms with Gasteiger partial charge in [-0.2, -0.15) is 5.26 Å². The lowest BCUT2D eigenvalue weighted by Gasteiger charge is -2.05. The number of hydrogen-bond donors (Lipinski definition) is 2. The second kappa shape index (κ2) is 3.48. The molecule has 0 radical (unpaired) electrons. The van der Waals surface area contributed by atoms with Crippen molar-refractivity contribution >= 4 is 11.0 Å². The van der Waals surface area contributed by atoms with Crippen molar-refractivity contribution in [2.75, 3.05) is 0 Å². The van der Waals surface area contributed by atoms with Crippen LogP contribution in [0.15, 0.2) is 24.4 Å². The van der Waals surface area contributed by atoms with Crippen molar-refractivity contribution in [1.29, 1.82) is 5.26 Å².